The number of thiazole rings is 1. The first kappa shape index (κ1) is 16.6. The molecule has 2 heterocycles. The number of hydrogen-bond acceptors (Lipinski definition) is 6. The molecule has 2 amide bonds. The van der Waals surface area contributed by atoms with Crippen molar-refractivity contribution < 1.29 is 14.0 Å². The van der Waals surface area contributed by atoms with E-state index in [0.717, 1.165) is 11.3 Å². The average Bonchev–Trinajstić information content (AvgIpc) is 3.21. The monoisotopic (exact) mass is 360 g/mol. The number of nitrogens with zero attached hydrogens (tertiary/aromatic N) is 2. The van der Waals surface area contributed by atoms with Crippen LogP contribution >= 0.6 is 11.3 Å². The Kier molecular flexibility index (Phi) is 4.44. The molecule has 0 aliphatic rings. The molecule has 0 fully saturated rings. The number of benzene rings is 1. The van der Waals surface area contributed by atoms with E-state index in [-0.39, 0.29) is 10.7 Å². The second kappa shape index (κ2) is 6.69. The molecule has 0 radical (unpaired) electrons. The Morgan fingerprint density at radius 2 is 2.04 bits per heavy atom. The van der Waals surface area contributed by atoms with Gasteiger partial charge in [0.1, 0.15) is 10.7 Å². The predicted octanol–water partition coefficient (Wildman–Crippen LogP) is 2.40. The van der Waals surface area contributed by atoms with Gasteiger partial charge in [-0.05, 0) is 24.6 Å². The molecule has 1 aromatic carbocycles. The van der Waals surface area contributed by atoms with E-state index in [9.17, 15) is 14.0 Å². The lowest BCUT2D eigenvalue weighted by atomic mass is 10.1. The lowest BCUT2D eigenvalue weighted by Gasteiger charge is -2.11. The number of nitrogen functional groups attached to an aromatic ring is 1. The number of aromatic amines is 1. The summed E-state index contributed by atoms with van der Waals surface area (Å²) in [4.78, 5) is 28.5. The molecule has 0 saturated carbocycles. The maximum absolute atomic E-state index is 14.2. The number of halogens is 1. The van der Waals surface area contributed by atoms with Crippen molar-refractivity contribution in [1.82, 2.24) is 15.2 Å². The topological polar surface area (TPSA) is 126 Å². The highest BCUT2D eigenvalue weighted by Gasteiger charge is 2.17. The van der Waals surface area contributed by atoms with Crippen molar-refractivity contribution in [3.63, 3.8) is 0 Å². The molecule has 5 N–H and O–H groups in total. The van der Waals surface area contributed by atoms with Crippen LogP contribution in [0, 0.1) is 12.7 Å². The fraction of sp³-hybridized carbons (Fsp3) is 0.0667. The predicted molar refractivity (Wildman–Crippen MR) is 92.2 cm³/mol. The van der Waals surface area contributed by atoms with E-state index < -0.39 is 17.6 Å². The van der Waals surface area contributed by atoms with Crippen molar-refractivity contribution in [3.05, 3.63) is 52.5 Å². The minimum absolute atomic E-state index is 0.203. The minimum atomic E-state index is -0.696. The van der Waals surface area contributed by atoms with E-state index in [1.807, 2.05) is 0 Å². The zero-order valence-corrected chi connectivity index (χ0v) is 13.8. The van der Waals surface area contributed by atoms with Crippen molar-refractivity contribution in [3.8, 4) is 0 Å². The van der Waals surface area contributed by atoms with Gasteiger partial charge in [0.25, 0.3) is 11.8 Å². The SMILES string of the molecule is Cc1cc(F)c(C(=O)Nc2cn[nH]c2)cc1NC(=O)c1cnc(N)s1. The molecule has 128 valence electrons. The molecule has 3 aromatic rings. The normalized spacial score (nSPS) is 10.5. The summed E-state index contributed by atoms with van der Waals surface area (Å²) in [5, 5.41) is 11.6. The van der Waals surface area contributed by atoms with E-state index in [4.69, 9.17) is 5.73 Å². The molecule has 25 heavy (non-hydrogen) atoms. The minimum Gasteiger partial charge on any atom is -0.375 e. The summed E-state index contributed by atoms with van der Waals surface area (Å²) in [7, 11) is 0. The van der Waals surface area contributed by atoms with Gasteiger partial charge in [0.2, 0.25) is 0 Å². The van der Waals surface area contributed by atoms with Gasteiger partial charge in [-0.15, -0.1) is 0 Å². The van der Waals surface area contributed by atoms with Crippen molar-refractivity contribution in [2.24, 2.45) is 0 Å². The highest BCUT2D eigenvalue weighted by atomic mass is 32.1. The fourth-order valence-electron chi connectivity index (χ4n) is 2.08. The summed E-state index contributed by atoms with van der Waals surface area (Å²) in [6.07, 6.45) is 4.20. The van der Waals surface area contributed by atoms with Crippen molar-refractivity contribution in [1.29, 1.82) is 0 Å². The van der Waals surface area contributed by atoms with Crippen molar-refractivity contribution >= 4 is 39.7 Å². The molecule has 0 spiro atoms. The van der Waals surface area contributed by atoms with Crippen molar-refractivity contribution in [2.75, 3.05) is 16.4 Å². The van der Waals surface area contributed by atoms with Crippen LogP contribution in [0.25, 0.3) is 0 Å². The molecular formula is C15H13FN6O2S. The quantitative estimate of drug-likeness (QED) is 0.568. The third-order valence-electron chi connectivity index (χ3n) is 3.31. The van der Waals surface area contributed by atoms with Crippen LogP contribution in [0.15, 0.2) is 30.7 Å². The summed E-state index contributed by atoms with van der Waals surface area (Å²) < 4.78 is 14.2. The average molecular weight is 360 g/mol. The van der Waals surface area contributed by atoms with Crippen LogP contribution in [0.2, 0.25) is 0 Å². The number of nitrogens with two attached hydrogens (primary N) is 1. The van der Waals surface area contributed by atoms with Gasteiger partial charge in [-0.25, -0.2) is 9.37 Å². The summed E-state index contributed by atoms with van der Waals surface area (Å²) in [5.41, 5.74) is 6.49. The zero-order chi connectivity index (χ0) is 18.0. The molecule has 0 aliphatic heterocycles. The van der Waals surface area contributed by atoms with Gasteiger partial charge < -0.3 is 16.4 Å². The van der Waals surface area contributed by atoms with E-state index in [0.29, 0.717) is 21.8 Å². The Hall–Kier alpha value is -3.27. The van der Waals surface area contributed by atoms with Crippen LogP contribution < -0.4 is 16.4 Å². The smallest absolute Gasteiger partial charge is 0.267 e. The molecular weight excluding hydrogens is 347 g/mol. The second-order valence-corrected chi connectivity index (χ2v) is 6.17. The summed E-state index contributed by atoms with van der Waals surface area (Å²) in [5.74, 6) is -1.79. The number of aryl methyl sites for hydroxylation is 1. The highest BCUT2D eigenvalue weighted by molar-refractivity contribution is 7.17. The maximum Gasteiger partial charge on any atom is 0.267 e. The number of aromatic nitrogens is 3. The Balaban J connectivity index is 1.85. The van der Waals surface area contributed by atoms with E-state index >= 15 is 0 Å². The molecule has 0 saturated heterocycles. The first-order valence-corrected chi connectivity index (χ1v) is 7.88. The molecule has 0 bridgehead atoms. The first-order chi connectivity index (χ1) is 11.9. The maximum atomic E-state index is 14.2. The van der Waals surface area contributed by atoms with Gasteiger partial charge >= 0.3 is 0 Å². The van der Waals surface area contributed by atoms with Gasteiger partial charge in [-0.3, -0.25) is 14.7 Å². The Bertz CT molecular complexity index is 938. The van der Waals surface area contributed by atoms with Crippen LogP contribution in [0.4, 0.5) is 20.9 Å². The van der Waals surface area contributed by atoms with E-state index in [1.165, 1.54) is 30.7 Å². The Labute approximate surface area is 145 Å². The highest BCUT2D eigenvalue weighted by Crippen LogP contribution is 2.23. The van der Waals surface area contributed by atoms with Crippen molar-refractivity contribution in [2.45, 2.75) is 6.92 Å². The first-order valence-electron chi connectivity index (χ1n) is 7.07. The van der Waals surface area contributed by atoms with Gasteiger partial charge in [0, 0.05) is 11.9 Å². The van der Waals surface area contributed by atoms with Gasteiger partial charge in [0.15, 0.2) is 5.13 Å². The van der Waals surface area contributed by atoms with Gasteiger partial charge in [-0.2, -0.15) is 5.10 Å². The molecule has 10 heteroatoms. The third kappa shape index (κ3) is 3.63. The zero-order valence-electron chi connectivity index (χ0n) is 13.0. The number of anilines is 3. The number of carbonyl (C=O) groups is 2. The summed E-state index contributed by atoms with van der Waals surface area (Å²) >= 11 is 1.03. The Morgan fingerprint density at radius 1 is 1.24 bits per heavy atom. The number of hydrogen-bond donors (Lipinski definition) is 4. The largest absolute Gasteiger partial charge is 0.375 e. The lowest BCUT2D eigenvalue weighted by molar-refractivity contribution is 0.101. The van der Waals surface area contributed by atoms with Crippen LogP contribution in [-0.2, 0) is 0 Å². The number of nitrogens with one attached hydrogen (secondary N) is 3. The van der Waals surface area contributed by atoms with E-state index in [2.05, 4.69) is 25.8 Å². The van der Waals surface area contributed by atoms with Gasteiger partial charge in [-0.1, -0.05) is 11.3 Å². The van der Waals surface area contributed by atoms with Crippen LogP contribution in [0.1, 0.15) is 25.6 Å². The van der Waals surface area contributed by atoms with Gasteiger partial charge in [0.05, 0.1) is 23.6 Å². The molecule has 0 unspecified atom stereocenters. The second-order valence-electron chi connectivity index (χ2n) is 5.10. The van der Waals surface area contributed by atoms with Crippen LogP contribution in [0.3, 0.4) is 0 Å². The molecule has 8 nitrogen and oxygen atoms in total. The number of H-pyrrole nitrogens is 1. The number of rotatable bonds is 4. The van der Waals surface area contributed by atoms with E-state index in [1.54, 1.807) is 6.92 Å². The third-order valence-corrected chi connectivity index (χ3v) is 4.14. The molecule has 3 rings (SSSR count). The molecule has 2 aromatic heterocycles. The van der Waals surface area contributed by atoms with Crippen LogP contribution in [-0.4, -0.2) is 27.0 Å². The number of amides is 2. The summed E-state index contributed by atoms with van der Waals surface area (Å²) in [6.45, 7) is 1.62. The standard InChI is InChI=1S/C15H13FN6O2S/c1-7-2-10(16)9(13(23)21-8-4-19-20-5-8)3-11(7)22-14(24)12-6-18-15(17)25-12/h2-6H,1H3,(H2,17,18)(H,19,20)(H,21,23)(H,22,24). The Morgan fingerprint density at radius 3 is 2.68 bits per heavy atom. The lowest BCUT2D eigenvalue weighted by Crippen LogP contribution is -2.16. The summed E-state index contributed by atoms with van der Waals surface area (Å²) in [6, 6.07) is 2.46. The molecule has 0 atom stereocenters. The number of carbonyl (C=O) groups excluding carboxylic acids is 2. The molecule has 0 aliphatic carbocycles. The van der Waals surface area contributed by atoms with Crippen LogP contribution in [0.5, 0.6) is 0 Å². The fourth-order valence-corrected chi connectivity index (χ4v) is 2.66.